The van der Waals surface area contributed by atoms with E-state index in [0.717, 1.165) is 17.7 Å². The molecule has 2 aromatic heterocycles. The van der Waals surface area contributed by atoms with Crippen molar-refractivity contribution in [3.8, 4) is 22.7 Å². The number of benzene rings is 3. The fraction of sp³-hybridized carbons (Fsp3) is 0.0769. The van der Waals surface area contributed by atoms with Gasteiger partial charge in [0.05, 0.1) is 23.2 Å². The van der Waals surface area contributed by atoms with Gasteiger partial charge >= 0.3 is 0 Å². The van der Waals surface area contributed by atoms with Gasteiger partial charge in [-0.05, 0) is 30.2 Å². The quantitative estimate of drug-likeness (QED) is 0.358. The number of aromatic amines is 1. The Hall–Kier alpha value is -4.46. The third kappa shape index (κ3) is 3.69. The first kappa shape index (κ1) is 21.4. The Morgan fingerprint density at radius 3 is 2.38 bits per heavy atom. The van der Waals surface area contributed by atoms with Crippen molar-refractivity contribution in [1.29, 1.82) is 0 Å². The first-order chi connectivity index (χ1) is 16.4. The average Bonchev–Trinajstić information content (AvgIpc) is 3.13. The summed E-state index contributed by atoms with van der Waals surface area (Å²) in [7, 11) is 0. The van der Waals surface area contributed by atoms with Crippen molar-refractivity contribution in [1.82, 2.24) is 14.5 Å². The number of rotatable bonds is 5. The second kappa shape index (κ2) is 8.47. The summed E-state index contributed by atoms with van der Waals surface area (Å²) in [6.45, 7) is 1.82. The summed E-state index contributed by atoms with van der Waals surface area (Å²) in [5.74, 6) is -2.25. The lowest BCUT2D eigenvalue weighted by atomic mass is 10.1. The summed E-state index contributed by atoms with van der Waals surface area (Å²) in [5.41, 5.74) is 9.48. The second-order valence-electron chi connectivity index (χ2n) is 7.87. The van der Waals surface area contributed by atoms with Crippen LogP contribution in [-0.4, -0.2) is 14.5 Å². The number of nitrogens with one attached hydrogen (secondary N) is 1. The molecule has 0 unspecified atom stereocenters. The van der Waals surface area contributed by atoms with Crippen molar-refractivity contribution in [2.75, 3.05) is 5.73 Å². The summed E-state index contributed by atoms with van der Waals surface area (Å²) in [6, 6.07) is 18.4. The van der Waals surface area contributed by atoms with Crippen LogP contribution in [-0.2, 0) is 6.61 Å². The minimum Gasteiger partial charge on any atom is -0.483 e. The maximum absolute atomic E-state index is 15.1. The van der Waals surface area contributed by atoms with E-state index < -0.39 is 22.9 Å². The minimum atomic E-state index is -0.881. The lowest BCUT2D eigenvalue weighted by Gasteiger charge is -2.14. The van der Waals surface area contributed by atoms with Gasteiger partial charge in [0.15, 0.2) is 17.4 Å². The van der Waals surface area contributed by atoms with Gasteiger partial charge in [0.1, 0.15) is 12.1 Å². The molecule has 0 spiro atoms. The van der Waals surface area contributed by atoms with E-state index in [0.29, 0.717) is 28.0 Å². The lowest BCUT2D eigenvalue weighted by Crippen LogP contribution is -2.11. The van der Waals surface area contributed by atoms with Gasteiger partial charge in [0.25, 0.3) is 5.56 Å². The zero-order chi connectivity index (χ0) is 23.8. The predicted octanol–water partition coefficient (Wildman–Crippen LogP) is 5.13. The van der Waals surface area contributed by atoms with E-state index in [4.69, 9.17) is 10.5 Å². The highest BCUT2D eigenvalue weighted by molar-refractivity contribution is 5.90. The van der Waals surface area contributed by atoms with Gasteiger partial charge in [-0.15, -0.1) is 0 Å². The molecule has 0 saturated heterocycles. The van der Waals surface area contributed by atoms with Gasteiger partial charge in [-0.2, -0.15) is 0 Å². The van der Waals surface area contributed by atoms with E-state index in [1.807, 2.05) is 18.2 Å². The highest BCUT2D eigenvalue weighted by Crippen LogP contribution is 2.36. The van der Waals surface area contributed by atoms with Crippen LogP contribution in [0.1, 0.15) is 11.1 Å². The number of nitrogen functional groups attached to an aromatic ring is 1. The molecule has 6 nitrogen and oxygen atoms in total. The Bertz CT molecular complexity index is 1540. The molecule has 0 atom stereocenters. The first-order valence-corrected chi connectivity index (χ1v) is 10.5. The predicted molar refractivity (Wildman–Crippen MR) is 127 cm³/mol. The summed E-state index contributed by atoms with van der Waals surface area (Å²) in [4.78, 5) is 19.6. The van der Waals surface area contributed by atoms with Gasteiger partial charge in [-0.25, -0.2) is 13.8 Å². The van der Waals surface area contributed by atoms with E-state index in [-0.39, 0.29) is 17.8 Å². The number of H-pyrrole nitrogens is 1. The molecule has 5 rings (SSSR count). The van der Waals surface area contributed by atoms with E-state index in [1.165, 1.54) is 10.9 Å². The Morgan fingerprint density at radius 1 is 1.03 bits per heavy atom. The van der Waals surface area contributed by atoms with Crippen LogP contribution in [0.4, 0.5) is 14.5 Å². The van der Waals surface area contributed by atoms with Crippen molar-refractivity contribution in [3.63, 3.8) is 0 Å². The highest BCUT2D eigenvalue weighted by Gasteiger charge is 2.23. The maximum atomic E-state index is 15.1. The molecule has 0 aliphatic rings. The number of hydrogen-bond donors (Lipinski definition) is 2. The molecule has 0 fully saturated rings. The number of halogens is 2. The summed E-state index contributed by atoms with van der Waals surface area (Å²) in [5, 5.41) is 0. The molecule has 0 aliphatic carbocycles. The van der Waals surface area contributed by atoms with Crippen LogP contribution in [0.2, 0.25) is 0 Å². The number of aromatic nitrogens is 3. The molecular formula is C26H20F2N4O2. The van der Waals surface area contributed by atoms with Crippen molar-refractivity contribution < 1.29 is 13.5 Å². The highest BCUT2D eigenvalue weighted by atomic mass is 19.1. The molecule has 0 saturated carbocycles. The van der Waals surface area contributed by atoms with Crippen LogP contribution in [0, 0.1) is 18.6 Å². The molecule has 0 amide bonds. The van der Waals surface area contributed by atoms with Gasteiger partial charge in [-0.3, -0.25) is 4.79 Å². The average molecular weight is 458 g/mol. The van der Waals surface area contributed by atoms with Gasteiger partial charge in [0, 0.05) is 23.4 Å². The number of nitrogens with two attached hydrogens (primary N) is 1. The molecule has 0 radical (unpaired) electrons. The van der Waals surface area contributed by atoms with Crippen molar-refractivity contribution >= 4 is 16.7 Å². The molecule has 5 aromatic rings. The zero-order valence-electron chi connectivity index (χ0n) is 18.2. The van der Waals surface area contributed by atoms with Gasteiger partial charge in [0.2, 0.25) is 0 Å². The SMILES string of the molecule is Cc1c(-c2ccc(N)cc2)n(-c2cc(F)c(OCc3ccccc3)c(F)c2)c2c(=O)[nH]cnc12. The normalized spacial score (nSPS) is 11.1. The Labute approximate surface area is 193 Å². The topological polar surface area (TPSA) is 85.9 Å². The molecule has 8 heteroatoms. The van der Waals surface area contributed by atoms with Crippen molar-refractivity contribution in [2.45, 2.75) is 13.5 Å². The third-order valence-electron chi connectivity index (χ3n) is 5.64. The summed E-state index contributed by atoms with van der Waals surface area (Å²) < 4.78 is 37.1. The zero-order valence-corrected chi connectivity index (χ0v) is 18.2. The Balaban J connectivity index is 1.67. The van der Waals surface area contributed by atoms with Crippen molar-refractivity contribution in [2.24, 2.45) is 0 Å². The first-order valence-electron chi connectivity index (χ1n) is 10.5. The minimum absolute atomic E-state index is 0.0138. The van der Waals surface area contributed by atoms with E-state index in [2.05, 4.69) is 9.97 Å². The van der Waals surface area contributed by atoms with E-state index in [1.54, 1.807) is 43.3 Å². The van der Waals surface area contributed by atoms with E-state index >= 15 is 8.78 Å². The fourth-order valence-corrected chi connectivity index (χ4v) is 4.05. The Morgan fingerprint density at radius 2 is 1.71 bits per heavy atom. The maximum Gasteiger partial charge on any atom is 0.275 e. The smallest absolute Gasteiger partial charge is 0.275 e. The second-order valence-corrected chi connectivity index (χ2v) is 7.87. The standard InChI is InChI=1S/C26H20F2N4O2/c1-15-22-24(26(33)31-14-30-22)32(23(15)17-7-9-18(29)10-8-17)19-11-20(27)25(21(28)12-19)34-13-16-5-3-2-4-6-16/h2-12,14H,13,29H2,1H3,(H,30,31,33). The van der Waals surface area contributed by atoms with Crippen molar-refractivity contribution in [3.05, 3.63) is 106 Å². The molecule has 3 aromatic carbocycles. The monoisotopic (exact) mass is 458 g/mol. The lowest BCUT2D eigenvalue weighted by molar-refractivity contribution is 0.274. The van der Waals surface area contributed by atoms with E-state index in [9.17, 15) is 4.79 Å². The number of aryl methyl sites for hydroxylation is 1. The molecule has 2 heterocycles. The number of nitrogens with zero attached hydrogens (tertiary/aromatic N) is 2. The van der Waals surface area contributed by atoms with Crippen LogP contribution < -0.4 is 16.0 Å². The summed E-state index contributed by atoms with van der Waals surface area (Å²) in [6.07, 6.45) is 1.30. The molecule has 3 N–H and O–H groups in total. The molecule has 170 valence electrons. The van der Waals surface area contributed by atoms with Gasteiger partial charge in [-0.1, -0.05) is 42.5 Å². The van der Waals surface area contributed by atoms with Crippen LogP contribution in [0.5, 0.6) is 5.75 Å². The van der Waals surface area contributed by atoms with Gasteiger partial charge < -0.3 is 20.0 Å². The fourth-order valence-electron chi connectivity index (χ4n) is 4.05. The Kier molecular flexibility index (Phi) is 5.33. The molecule has 34 heavy (non-hydrogen) atoms. The molecule has 0 aliphatic heterocycles. The van der Waals surface area contributed by atoms with Crippen LogP contribution in [0.25, 0.3) is 28.0 Å². The number of fused-ring (bicyclic) bond motifs is 1. The number of anilines is 1. The van der Waals surface area contributed by atoms with Crippen LogP contribution >= 0.6 is 0 Å². The molecule has 0 bridgehead atoms. The molecular weight excluding hydrogens is 438 g/mol. The number of ether oxygens (including phenoxy) is 1. The number of hydrogen-bond acceptors (Lipinski definition) is 4. The van der Waals surface area contributed by atoms with Crippen LogP contribution in [0.3, 0.4) is 0 Å². The van der Waals surface area contributed by atoms with Crippen LogP contribution in [0.15, 0.2) is 77.9 Å². The largest absolute Gasteiger partial charge is 0.483 e. The third-order valence-corrected chi connectivity index (χ3v) is 5.64. The summed E-state index contributed by atoms with van der Waals surface area (Å²) >= 11 is 0.